The number of morpholine rings is 1. The van der Waals surface area contributed by atoms with E-state index in [1.165, 1.54) is 6.20 Å². The third kappa shape index (κ3) is 4.17. The zero-order valence-corrected chi connectivity index (χ0v) is 12.8. The molecule has 0 spiro atoms. The number of carbonyl (C=O) groups excluding carboxylic acids is 2. The van der Waals surface area contributed by atoms with Crippen molar-refractivity contribution in [1.82, 2.24) is 9.88 Å². The summed E-state index contributed by atoms with van der Waals surface area (Å²) in [5.41, 5.74) is 5.66. The van der Waals surface area contributed by atoms with Gasteiger partial charge >= 0.3 is 0 Å². The van der Waals surface area contributed by atoms with Crippen LogP contribution < -0.4 is 10.5 Å². The van der Waals surface area contributed by atoms with E-state index >= 15 is 0 Å². The summed E-state index contributed by atoms with van der Waals surface area (Å²) >= 11 is 0. The van der Waals surface area contributed by atoms with Crippen molar-refractivity contribution < 1.29 is 19.1 Å². The van der Waals surface area contributed by atoms with Gasteiger partial charge in [-0.2, -0.15) is 0 Å². The summed E-state index contributed by atoms with van der Waals surface area (Å²) in [5.74, 6) is 0.134. The van der Waals surface area contributed by atoms with Gasteiger partial charge in [0.1, 0.15) is 0 Å². The van der Waals surface area contributed by atoms with Crippen molar-refractivity contribution in [3.05, 3.63) is 23.9 Å². The summed E-state index contributed by atoms with van der Waals surface area (Å²) in [7, 11) is 0. The molecule has 120 valence electrons. The average Bonchev–Trinajstić information content (AvgIpc) is 2.53. The van der Waals surface area contributed by atoms with E-state index in [1.54, 1.807) is 17.0 Å². The SMILES string of the molecule is CC(C)COc1ccc(C(=O)N2CCO[C@@H](C(N)=O)C2)cn1. The Balaban J connectivity index is 1.98. The van der Waals surface area contributed by atoms with Gasteiger partial charge in [0.15, 0.2) is 6.10 Å². The number of primary amides is 1. The molecule has 0 aromatic carbocycles. The number of hydrogen-bond acceptors (Lipinski definition) is 5. The van der Waals surface area contributed by atoms with E-state index < -0.39 is 12.0 Å². The third-order valence-electron chi connectivity index (χ3n) is 3.22. The fraction of sp³-hybridized carbons (Fsp3) is 0.533. The highest BCUT2D eigenvalue weighted by Crippen LogP contribution is 2.13. The zero-order valence-electron chi connectivity index (χ0n) is 12.8. The van der Waals surface area contributed by atoms with Gasteiger partial charge in [-0.05, 0) is 12.0 Å². The molecule has 0 aliphatic carbocycles. The van der Waals surface area contributed by atoms with E-state index in [0.717, 1.165) is 0 Å². The first kappa shape index (κ1) is 16.2. The Morgan fingerprint density at radius 2 is 2.27 bits per heavy atom. The Kier molecular flexibility index (Phi) is 5.32. The largest absolute Gasteiger partial charge is 0.477 e. The van der Waals surface area contributed by atoms with Crippen molar-refractivity contribution in [2.24, 2.45) is 11.7 Å². The normalized spacial score (nSPS) is 18.3. The van der Waals surface area contributed by atoms with Crippen molar-refractivity contribution in [3.8, 4) is 5.88 Å². The molecule has 0 unspecified atom stereocenters. The smallest absolute Gasteiger partial charge is 0.255 e. The second-order valence-corrected chi connectivity index (χ2v) is 5.60. The lowest BCUT2D eigenvalue weighted by Crippen LogP contribution is -2.50. The fourth-order valence-corrected chi connectivity index (χ4v) is 2.03. The van der Waals surface area contributed by atoms with Crippen LogP contribution in [0.4, 0.5) is 0 Å². The fourth-order valence-electron chi connectivity index (χ4n) is 2.03. The Morgan fingerprint density at radius 1 is 1.50 bits per heavy atom. The number of carbonyl (C=O) groups is 2. The second kappa shape index (κ2) is 7.22. The van der Waals surface area contributed by atoms with Crippen molar-refractivity contribution in [2.45, 2.75) is 20.0 Å². The number of hydrogen-bond donors (Lipinski definition) is 1. The Labute approximate surface area is 129 Å². The standard InChI is InChI=1S/C15H21N3O4/c1-10(2)9-22-13-4-3-11(7-17-13)15(20)18-5-6-21-12(8-18)14(16)19/h3-4,7,10,12H,5-6,8-9H2,1-2H3,(H2,16,19)/t12-/m1/s1. The maximum atomic E-state index is 12.4. The molecule has 2 N–H and O–H groups in total. The first-order valence-electron chi connectivity index (χ1n) is 7.26. The minimum Gasteiger partial charge on any atom is -0.477 e. The molecule has 0 bridgehead atoms. The maximum Gasteiger partial charge on any atom is 0.255 e. The summed E-state index contributed by atoms with van der Waals surface area (Å²) in [5, 5.41) is 0. The zero-order chi connectivity index (χ0) is 16.1. The summed E-state index contributed by atoms with van der Waals surface area (Å²) < 4.78 is 10.7. The number of nitrogens with zero attached hydrogens (tertiary/aromatic N) is 2. The minimum atomic E-state index is -0.751. The van der Waals surface area contributed by atoms with Gasteiger partial charge in [0.25, 0.3) is 5.91 Å². The van der Waals surface area contributed by atoms with Gasteiger partial charge in [0.05, 0.1) is 25.3 Å². The van der Waals surface area contributed by atoms with Gasteiger partial charge < -0.3 is 20.1 Å². The van der Waals surface area contributed by atoms with Gasteiger partial charge in [0, 0.05) is 18.8 Å². The molecular weight excluding hydrogens is 286 g/mol. The molecule has 0 radical (unpaired) electrons. The summed E-state index contributed by atoms with van der Waals surface area (Å²) in [6.45, 7) is 5.55. The number of pyridine rings is 1. The molecule has 2 heterocycles. The van der Waals surface area contributed by atoms with Crippen LogP contribution in [0, 0.1) is 5.92 Å². The van der Waals surface area contributed by atoms with Gasteiger partial charge in [-0.15, -0.1) is 0 Å². The lowest BCUT2D eigenvalue weighted by molar-refractivity contribution is -0.133. The van der Waals surface area contributed by atoms with Crippen LogP contribution in [-0.2, 0) is 9.53 Å². The third-order valence-corrected chi connectivity index (χ3v) is 3.22. The summed E-state index contributed by atoms with van der Waals surface area (Å²) in [6, 6.07) is 3.33. The predicted octanol–water partition coefficient (Wildman–Crippen LogP) is 0.443. The molecule has 1 aliphatic heterocycles. The highest BCUT2D eigenvalue weighted by Gasteiger charge is 2.28. The molecule has 1 aromatic rings. The van der Waals surface area contributed by atoms with Crippen LogP contribution in [0.15, 0.2) is 18.3 Å². The van der Waals surface area contributed by atoms with Crippen LogP contribution in [0.1, 0.15) is 24.2 Å². The number of ether oxygens (including phenoxy) is 2. The summed E-state index contributed by atoms with van der Waals surface area (Å²) in [6.07, 6.45) is 0.728. The van der Waals surface area contributed by atoms with Gasteiger partial charge in [-0.1, -0.05) is 13.8 Å². The van der Waals surface area contributed by atoms with Crippen LogP contribution in [0.25, 0.3) is 0 Å². The molecule has 0 saturated carbocycles. The van der Waals surface area contributed by atoms with Crippen molar-refractivity contribution in [3.63, 3.8) is 0 Å². The Bertz CT molecular complexity index is 530. The van der Waals surface area contributed by atoms with E-state index in [9.17, 15) is 9.59 Å². The number of nitrogens with two attached hydrogens (primary N) is 1. The Hall–Kier alpha value is -2.15. The van der Waals surface area contributed by atoms with Crippen molar-refractivity contribution in [2.75, 3.05) is 26.3 Å². The molecule has 7 heteroatoms. The highest BCUT2D eigenvalue weighted by molar-refractivity contribution is 5.94. The first-order chi connectivity index (χ1) is 10.5. The molecule has 22 heavy (non-hydrogen) atoms. The van der Waals surface area contributed by atoms with Crippen LogP contribution in [0.3, 0.4) is 0 Å². The molecule has 1 aliphatic rings. The van der Waals surface area contributed by atoms with E-state index in [1.807, 2.05) is 13.8 Å². The quantitative estimate of drug-likeness (QED) is 0.852. The van der Waals surface area contributed by atoms with E-state index in [4.69, 9.17) is 15.2 Å². The molecule has 1 fully saturated rings. The molecular formula is C15H21N3O4. The first-order valence-corrected chi connectivity index (χ1v) is 7.26. The number of aromatic nitrogens is 1. The van der Waals surface area contributed by atoms with Gasteiger partial charge in [-0.3, -0.25) is 9.59 Å². The summed E-state index contributed by atoms with van der Waals surface area (Å²) in [4.78, 5) is 29.2. The van der Waals surface area contributed by atoms with Crippen LogP contribution in [-0.4, -0.2) is 54.1 Å². The lowest BCUT2D eigenvalue weighted by atomic mass is 10.2. The topological polar surface area (TPSA) is 94.7 Å². The molecule has 7 nitrogen and oxygen atoms in total. The monoisotopic (exact) mass is 307 g/mol. The minimum absolute atomic E-state index is 0.166. The van der Waals surface area contributed by atoms with E-state index in [2.05, 4.69) is 4.98 Å². The Morgan fingerprint density at radius 3 is 2.86 bits per heavy atom. The predicted molar refractivity (Wildman–Crippen MR) is 79.4 cm³/mol. The van der Waals surface area contributed by atoms with Crippen molar-refractivity contribution in [1.29, 1.82) is 0 Å². The van der Waals surface area contributed by atoms with E-state index in [-0.39, 0.29) is 12.5 Å². The van der Waals surface area contributed by atoms with Crippen molar-refractivity contribution >= 4 is 11.8 Å². The number of amides is 2. The lowest BCUT2D eigenvalue weighted by Gasteiger charge is -2.31. The highest BCUT2D eigenvalue weighted by atomic mass is 16.5. The molecule has 1 aromatic heterocycles. The maximum absolute atomic E-state index is 12.4. The average molecular weight is 307 g/mol. The van der Waals surface area contributed by atoms with Crippen LogP contribution in [0.2, 0.25) is 0 Å². The van der Waals surface area contributed by atoms with Crippen LogP contribution >= 0.6 is 0 Å². The molecule has 2 rings (SSSR count). The van der Waals surface area contributed by atoms with Crippen LogP contribution in [0.5, 0.6) is 5.88 Å². The molecule has 1 saturated heterocycles. The van der Waals surface area contributed by atoms with Gasteiger partial charge in [0.2, 0.25) is 11.8 Å². The molecule has 2 amide bonds. The second-order valence-electron chi connectivity index (χ2n) is 5.60. The number of rotatable bonds is 5. The van der Waals surface area contributed by atoms with Gasteiger partial charge in [-0.25, -0.2) is 4.98 Å². The van der Waals surface area contributed by atoms with E-state index in [0.29, 0.717) is 37.1 Å². The molecule has 1 atom stereocenters.